The number of hydrogen-bond acceptors (Lipinski definition) is 4. The Morgan fingerprint density at radius 1 is 1.22 bits per heavy atom. The molecule has 0 fully saturated rings. The van der Waals surface area contributed by atoms with E-state index in [4.69, 9.17) is 16.3 Å². The van der Waals surface area contributed by atoms with Gasteiger partial charge in [-0.2, -0.15) is 5.10 Å². The molecule has 0 saturated heterocycles. The molecular weight excluding hydrogens is 382 g/mol. The van der Waals surface area contributed by atoms with Gasteiger partial charge in [-0.05, 0) is 24.3 Å². The van der Waals surface area contributed by atoms with Crippen LogP contribution in [-0.4, -0.2) is 21.2 Å². The van der Waals surface area contributed by atoms with Gasteiger partial charge in [-0.3, -0.25) is 5.10 Å². The summed E-state index contributed by atoms with van der Waals surface area (Å²) < 4.78 is 6.20. The Kier molecular flexibility index (Phi) is 4.73. The fourth-order valence-corrected chi connectivity index (χ4v) is 2.29. The van der Waals surface area contributed by atoms with Crippen LogP contribution in [0.4, 0.5) is 0 Å². The number of carbonyl (C=O) groups is 1. The number of aromatic nitrogens is 3. The third-order valence-corrected chi connectivity index (χ3v) is 3.85. The number of rotatable bonds is 4. The highest BCUT2D eigenvalue weighted by Crippen LogP contribution is 2.20. The molecule has 0 atom stereocenters. The standard InChI is InChI=1S/C16H11BrClN3O2/c17-12-4-2-11(3-5-12)13-7-14(21-20-13)16(22)23-9-10-1-6-15(18)19-8-10/h1-8H,9H2,(H,20,21). The van der Waals surface area contributed by atoms with Crippen LogP contribution in [0.3, 0.4) is 0 Å². The maximum absolute atomic E-state index is 12.0. The van der Waals surface area contributed by atoms with Crippen molar-refractivity contribution in [3.63, 3.8) is 0 Å². The van der Waals surface area contributed by atoms with Gasteiger partial charge in [0.15, 0.2) is 0 Å². The first-order valence-corrected chi connectivity index (χ1v) is 7.88. The summed E-state index contributed by atoms with van der Waals surface area (Å²) in [7, 11) is 0. The van der Waals surface area contributed by atoms with Gasteiger partial charge >= 0.3 is 5.97 Å². The molecule has 5 nitrogen and oxygen atoms in total. The zero-order valence-electron chi connectivity index (χ0n) is 11.8. The van der Waals surface area contributed by atoms with Crippen molar-refractivity contribution >= 4 is 33.5 Å². The highest BCUT2D eigenvalue weighted by Gasteiger charge is 2.12. The predicted octanol–water partition coefficient (Wildman–Crippen LogP) is 4.24. The zero-order chi connectivity index (χ0) is 16.2. The van der Waals surface area contributed by atoms with Gasteiger partial charge in [-0.15, -0.1) is 0 Å². The lowest BCUT2D eigenvalue weighted by Crippen LogP contribution is -2.05. The fourth-order valence-electron chi connectivity index (χ4n) is 1.91. The van der Waals surface area contributed by atoms with Crippen LogP contribution < -0.4 is 0 Å². The third-order valence-electron chi connectivity index (χ3n) is 3.10. The van der Waals surface area contributed by atoms with Crippen LogP contribution in [0.1, 0.15) is 16.1 Å². The van der Waals surface area contributed by atoms with Crippen molar-refractivity contribution in [2.45, 2.75) is 6.61 Å². The number of aromatic amines is 1. The summed E-state index contributed by atoms with van der Waals surface area (Å²) >= 11 is 9.08. The molecule has 0 spiro atoms. The number of pyridine rings is 1. The molecule has 7 heteroatoms. The summed E-state index contributed by atoms with van der Waals surface area (Å²) in [6, 6.07) is 12.7. The number of nitrogens with zero attached hydrogens (tertiary/aromatic N) is 2. The molecule has 0 aliphatic carbocycles. The lowest BCUT2D eigenvalue weighted by molar-refractivity contribution is 0.0465. The first kappa shape index (κ1) is 15.7. The number of hydrogen-bond donors (Lipinski definition) is 1. The van der Waals surface area contributed by atoms with Gasteiger partial charge in [0.1, 0.15) is 17.5 Å². The molecule has 0 bridgehead atoms. The van der Waals surface area contributed by atoms with E-state index in [1.54, 1.807) is 24.4 Å². The summed E-state index contributed by atoms with van der Waals surface area (Å²) in [5.41, 5.74) is 2.64. The summed E-state index contributed by atoms with van der Waals surface area (Å²) in [5, 5.41) is 7.22. The fraction of sp³-hybridized carbons (Fsp3) is 0.0625. The molecule has 0 radical (unpaired) electrons. The van der Waals surface area contributed by atoms with E-state index in [1.807, 2.05) is 24.3 Å². The van der Waals surface area contributed by atoms with E-state index in [1.165, 1.54) is 0 Å². The van der Waals surface area contributed by atoms with E-state index in [0.29, 0.717) is 16.5 Å². The first-order chi connectivity index (χ1) is 11.1. The summed E-state index contributed by atoms with van der Waals surface area (Å²) in [6.45, 7) is 0.121. The molecule has 23 heavy (non-hydrogen) atoms. The lowest BCUT2D eigenvalue weighted by atomic mass is 10.1. The van der Waals surface area contributed by atoms with Crippen molar-refractivity contribution in [2.24, 2.45) is 0 Å². The van der Waals surface area contributed by atoms with Gasteiger partial charge in [0.2, 0.25) is 0 Å². The van der Waals surface area contributed by atoms with Gasteiger partial charge in [-0.25, -0.2) is 9.78 Å². The SMILES string of the molecule is O=C(OCc1ccc(Cl)nc1)c1cc(-c2ccc(Br)cc2)n[nH]1. The van der Waals surface area contributed by atoms with Gasteiger partial charge in [-0.1, -0.05) is 45.7 Å². The van der Waals surface area contributed by atoms with Gasteiger partial charge in [0, 0.05) is 21.8 Å². The van der Waals surface area contributed by atoms with E-state index in [-0.39, 0.29) is 6.61 Å². The average Bonchev–Trinajstić information content (AvgIpc) is 3.05. The molecule has 3 aromatic rings. The predicted molar refractivity (Wildman–Crippen MR) is 90.1 cm³/mol. The van der Waals surface area contributed by atoms with E-state index in [9.17, 15) is 4.79 Å². The molecule has 0 amide bonds. The second-order valence-corrected chi connectivity index (χ2v) is 6.04. The van der Waals surface area contributed by atoms with Crippen LogP contribution in [0.25, 0.3) is 11.3 Å². The second-order valence-electron chi connectivity index (χ2n) is 4.74. The number of esters is 1. The molecule has 1 N–H and O–H groups in total. The van der Waals surface area contributed by atoms with Crippen LogP contribution in [0.2, 0.25) is 5.15 Å². The van der Waals surface area contributed by atoms with E-state index >= 15 is 0 Å². The van der Waals surface area contributed by atoms with Crippen molar-refractivity contribution in [1.82, 2.24) is 15.2 Å². The summed E-state index contributed by atoms with van der Waals surface area (Å²) in [5.74, 6) is -0.476. The maximum Gasteiger partial charge on any atom is 0.356 e. The van der Waals surface area contributed by atoms with Crippen molar-refractivity contribution in [3.8, 4) is 11.3 Å². The molecule has 3 rings (SSSR count). The number of halogens is 2. The number of carbonyl (C=O) groups excluding carboxylic acids is 1. The van der Waals surface area contributed by atoms with Gasteiger partial charge < -0.3 is 4.74 Å². The largest absolute Gasteiger partial charge is 0.456 e. The Balaban J connectivity index is 1.66. The molecule has 1 aromatic carbocycles. The Bertz CT molecular complexity index is 816. The van der Waals surface area contributed by atoms with Gasteiger partial charge in [0.05, 0.1) is 5.69 Å². The first-order valence-electron chi connectivity index (χ1n) is 6.71. The summed E-state index contributed by atoms with van der Waals surface area (Å²) in [6.07, 6.45) is 1.57. The molecular formula is C16H11BrClN3O2. The van der Waals surface area contributed by atoms with E-state index in [2.05, 4.69) is 31.1 Å². The highest BCUT2D eigenvalue weighted by molar-refractivity contribution is 9.10. The van der Waals surface area contributed by atoms with Crippen LogP contribution >= 0.6 is 27.5 Å². The normalized spacial score (nSPS) is 10.5. The average molecular weight is 393 g/mol. The quantitative estimate of drug-likeness (QED) is 0.532. The Morgan fingerprint density at radius 2 is 2.00 bits per heavy atom. The minimum atomic E-state index is -0.476. The van der Waals surface area contributed by atoms with Crippen LogP contribution in [0, 0.1) is 0 Å². The van der Waals surface area contributed by atoms with Crippen molar-refractivity contribution < 1.29 is 9.53 Å². The number of H-pyrrole nitrogens is 1. The smallest absolute Gasteiger partial charge is 0.356 e. The second kappa shape index (κ2) is 6.93. The van der Waals surface area contributed by atoms with Crippen LogP contribution in [-0.2, 0) is 11.3 Å². The molecule has 0 saturated carbocycles. The number of benzene rings is 1. The minimum absolute atomic E-state index is 0.121. The van der Waals surface area contributed by atoms with Crippen LogP contribution in [0.5, 0.6) is 0 Å². The van der Waals surface area contributed by atoms with Crippen LogP contribution in [0.15, 0.2) is 53.1 Å². The molecule has 2 heterocycles. The van der Waals surface area contributed by atoms with Crippen molar-refractivity contribution in [3.05, 3.63) is 69.5 Å². The number of ether oxygens (including phenoxy) is 1. The highest BCUT2D eigenvalue weighted by atomic mass is 79.9. The molecule has 2 aromatic heterocycles. The number of nitrogens with one attached hydrogen (secondary N) is 1. The molecule has 0 unspecified atom stereocenters. The monoisotopic (exact) mass is 391 g/mol. The Labute approximate surface area is 145 Å². The molecule has 116 valence electrons. The minimum Gasteiger partial charge on any atom is -0.456 e. The van der Waals surface area contributed by atoms with Gasteiger partial charge in [0.25, 0.3) is 0 Å². The molecule has 0 aliphatic heterocycles. The van der Waals surface area contributed by atoms with Crippen molar-refractivity contribution in [1.29, 1.82) is 0 Å². The maximum atomic E-state index is 12.0. The Hall–Kier alpha value is -2.18. The van der Waals surface area contributed by atoms with E-state index in [0.717, 1.165) is 15.6 Å². The molecule has 0 aliphatic rings. The topological polar surface area (TPSA) is 67.9 Å². The van der Waals surface area contributed by atoms with E-state index < -0.39 is 5.97 Å². The zero-order valence-corrected chi connectivity index (χ0v) is 14.1. The third kappa shape index (κ3) is 3.97. The summed E-state index contributed by atoms with van der Waals surface area (Å²) in [4.78, 5) is 16.0. The Morgan fingerprint density at radius 3 is 2.70 bits per heavy atom. The van der Waals surface area contributed by atoms with Crippen molar-refractivity contribution in [2.75, 3.05) is 0 Å². The lowest BCUT2D eigenvalue weighted by Gasteiger charge is -2.02.